The number of carbonyl (C=O) groups excluding carboxylic acids is 1. The first kappa shape index (κ1) is 28.4. The maximum absolute atomic E-state index is 12.4. The number of carbonyl (C=O) groups is 2. The first-order valence-electron chi connectivity index (χ1n) is 14.3. The van der Waals surface area contributed by atoms with Gasteiger partial charge in [0.25, 0.3) is 0 Å². The molecule has 0 aliphatic heterocycles. The molecule has 0 bridgehead atoms. The van der Waals surface area contributed by atoms with Crippen LogP contribution in [0.4, 0.5) is 0 Å². The molecule has 4 saturated carbocycles. The molecule has 4 aliphatic rings. The monoisotopic (exact) mass is 516 g/mol. The summed E-state index contributed by atoms with van der Waals surface area (Å²) < 4.78 is 5.70. The van der Waals surface area contributed by atoms with Crippen LogP contribution in [0.5, 0.6) is 0 Å². The molecule has 10 atom stereocenters. The molecule has 3 N–H and O–H groups in total. The summed E-state index contributed by atoms with van der Waals surface area (Å²) in [5.74, 6) is -0.706. The van der Waals surface area contributed by atoms with Gasteiger partial charge in [-0.2, -0.15) is 0 Å². The molecule has 0 heterocycles. The van der Waals surface area contributed by atoms with E-state index in [1.807, 2.05) is 19.9 Å². The molecule has 0 aromatic heterocycles. The van der Waals surface area contributed by atoms with Gasteiger partial charge in [-0.15, -0.1) is 0 Å². The standard InChI is InChI=1S/C31H48O6/c1-17(2)9-8-10-20(28(35)36)26-22-15-23(33)27-29(5)13-12-25(37-19(4)32)18(3)21(29)11-14-30(27,6)31(22,7)16-24(26)34/h9,18,21-25,27,33-34H,8,10-16H2,1-7H3,(H,35,36)/b26-20-/t18-,21?,22?,23?,24+,25+,27?,29-,30-,31-/m0/s1. The van der Waals surface area contributed by atoms with Gasteiger partial charge >= 0.3 is 11.9 Å². The van der Waals surface area contributed by atoms with Crippen LogP contribution in [0.2, 0.25) is 0 Å². The number of rotatable bonds is 5. The van der Waals surface area contributed by atoms with Gasteiger partial charge in [0.15, 0.2) is 0 Å². The van der Waals surface area contributed by atoms with E-state index in [0.29, 0.717) is 42.7 Å². The quantitative estimate of drug-likeness (QED) is 0.247. The SMILES string of the molecule is CC(=O)O[C@@H]1CC[C@@]2(C)C(CC[C@@]3(C)C2C(O)CC2/C(=C(\CCC=C(C)C)C(=O)O)[C@H](O)C[C@@]23C)[C@@H]1C. The van der Waals surface area contributed by atoms with Gasteiger partial charge in [-0.1, -0.05) is 39.3 Å². The molecule has 0 amide bonds. The molecule has 6 nitrogen and oxygen atoms in total. The number of hydrogen-bond acceptors (Lipinski definition) is 5. The van der Waals surface area contributed by atoms with E-state index < -0.39 is 18.2 Å². The molecule has 4 fully saturated rings. The van der Waals surface area contributed by atoms with Gasteiger partial charge in [0.1, 0.15) is 6.10 Å². The van der Waals surface area contributed by atoms with Crippen LogP contribution in [-0.4, -0.2) is 45.6 Å². The third-order valence-electron chi connectivity index (χ3n) is 11.6. The molecule has 37 heavy (non-hydrogen) atoms. The van der Waals surface area contributed by atoms with E-state index in [2.05, 4.69) is 27.7 Å². The molecule has 4 aliphatic carbocycles. The zero-order valence-corrected chi connectivity index (χ0v) is 23.8. The summed E-state index contributed by atoms with van der Waals surface area (Å²) in [4.78, 5) is 24.1. The van der Waals surface area contributed by atoms with Crippen molar-refractivity contribution in [1.82, 2.24) is 0 Å². The number of allylic oxidation sites excluding steroid dienone is 2. The number of fused-ring (bicyclic) bond motifs is 5. The number of aliphatic hydroxyl groups excluding tert-OH is 2. The molecular weight excluding hydrogens is 468 g/mol. The number of aliphatic hydroxyl groups is 2. The Hall–Kier alpha value is -1.66. The van der Waals surface area contributed by atoms with Gasteiger partial charge < -0.3 is 20.1 Å². The fourth-order valence-electron chi connectivity index (χ4n) is 9.88. The van der Waals surface area contributed by atoms with Crippen LogP contribution in [0.1, 0.15) is 99.8 Å². The minimum absolute atomic E-state index is 0.0474. The Morgan fingerprint density at radius 3 is 2.32 bits per heavy atom. The highest BCUT2D eigenvalue weighted by Crippen LogP contribution is 2.74. The van der Waals surface area contributed by atoms with Gasteiger partial charge in [0.05, 0.1) is 12.2 Å². The topological polar surface area (TPSA) is 104 Å². The minimum Gasteiger partial charge on any atom is -0.478 e. The van der Waals surface area contributed by atoms with Crippen molar-refractivity contribution in [3.8, 4) is 0 Å². The van der Waals surface area contributed by atoms with Crippen molar-refractivity contribution in [3.05, 3.63) is 22.8 Å². The number of aliphatic carboxylic acids is 1. The van der Waals surface area contributed by atoms with Crippen molar-refractivity contribution in [1.29, 1.82) is 0 Å². The molecule has 0 aromatic carbocycles. The maximum Gasteiger partial charge on any atom is 0.331 e. The van der Waals surface area contributed by atoms with Crippen molar-refractivity contribution in [3.63, 3.8) is 0 Å². The van der Waals surface area contributed by atoms with Gasteiger partial charge in [-0.3, -0.25) is 4.79 Å². The van der Waals surface area contributed by atoms with Crippen LogP contribution in [0.15, 0.2) is 22.8 Å². The van der Waals surface area contributed by atoms with E-state index in [1.54, 1.807) is 0 Å². The van der Waals surface area contributed by atoms with E-state index in [0.717, 1.165) is 31.3 Å². The Morgan fingerprint density at radius 1 is 1.05 bits per heavy atom. The summed E-state index contributed by atoms with van der Waals surface area (Å²) in [5, 5.41) is 33.4. The van der Waals surface area contributed by atoms with Crippen LogP contribution >= 0.6 is 0 Å². The molecule has 0 saturated heterocycles. The second kappa shape index (κ2) is 9.82. The Labute approximate surface area is 222 Å². The summed E-state index contributed by atoms with van der Waals surface area (Å²) in [7, 11) is 0. The van der Waals surface area contributed by atoms with E-state index >= 15 is 0 Å². The number of esters is 1. The Morgan fingerprint density at radius 2 is 1.73 bits per heavy atom. The lowest BCUT2D eigenvalue weighted by molar-refractivity contribution is -0.236. The maximum atomic E-state index is 12.4. The molecule has 0 aromatic rings. The molecule has 0 spiro atoms. The fourth-order valence-corrected chi connectivity index (χ4v) is 9.88. The van der Waals surface area contributed by atoms with Crippen molar-refractivity contribution in [2.75, 3.05) is 0 Å². The van der Waals surface area contributed by atoms with E-state index in [-0.39, 0.29) is 46.1 Å². The van der Waals surface area contributed by atoms with Crippen molar-refractivity contribution in [2.45, 2.75) is 118 Å². The normalized spacial score (nSPS) is 46.2. The smallest absolute Gasteiger partial charge is 0.331 e. The zero-order valence-electron chi connectivity index (χ0n) is 23.8. The molecule has 0 radical (unpaired) electrons. The lowest BCUT2D eigenvalue weighted by Gasteiger charge is -2.69. The summed E-state index contributed by atoms with van der Waals surface area (Å²) in [6, 6.07) is 0. The highest BCUT2D eigenvalue weighted by atomic mass is 16.5. The van der Waals surface area contributed by atoms with Gasteiger partial charge in [0, 0.05) is 12.5 Å². The number of ether oxygens (including phenoxy) is 1. The van der Waals surface area contributed by atoms with Gasteiger partial charge in [-0.05, 0) is 111 Å². The van der Waals surface area contributed by atoms with E-state index in [1.165, 1.54) is 6.92 Å². The summed E-state index contributed by atoms with van der Waals surface area (Å²) in [5.41, 5.74) is 1.51. The molecule has 6 heteroatoms. The number of carboxylic acid groups (broad SMARTS) is 1. The molecule has 4 rings (SSSR count). The van der Waals surface area contributed by atoms with Crippen molar-refractivity contribution in [2.24, 2.45) is 39.9 Å². The first-order chi connectivity index (χ1) is 17.2. The third kappa shape index (κ3) is 4.40. The lowest BCUT2D eigenvalue weighted by Crippen LogP contribution is -2.65. The summed E-state index contributed by atoms with van der Waals surface area (Å²) >= 11 is 0. The minimum atomic E-state index is -0.949. The Kier molecular flexibility index (Phi) is 7.53. The van der Waals surface area contributed by atoms with Gasteiger partial charge in [0.2, 0.25) is 0 Å². The largest absolute Gasteiger partial charge is 0.478 e. The molecule has 208 valence electrons. The first-order valence-corrected chi connectivity index (χ1v) is 14.3. The second-order valence-corrected chi connectivity index (χ2v) is 13.6. The average Bonchev–Trinajstić information content (AvgIpc) is 3.03. The van der Waals surface area contributed by atoms with Gasteiger partial charge in [-0.25, -0.2) is 4.79 Å². The average molecular weight is 517 g/mol. The number of carboxylic acids is 1. The van der Waals surface area contributed by atoms with Crippen LogP contribution in [0.3, 0.4) is 0 Å². The van der Waals surface area contributed by atoms with Crippen molar-refractivity contribution < 1.29 is 29.6 Å². The number of hydrogen-bond donors (Lipinski definition) is 3. The van der Waals surface area contributed by atoms with Crippen molar-refractivity contribution >= 4 is 11.9 Å². The lowest BCUT2D eigenvalue weighted by atomic mass is 9.36. The van der Waals surface area contributed by atoms with Crippen LogP contribution < -0.4 is 0 Å². The highest BCUT2D eigenvalue weighted by Gasteiger charge is 2.70. The second-order valence-electron chi connectivity index (χ2n) is 13.6. The molecular formula is C31H48O6. The van der Waals surface area contributed by atoms with Crippen LogP contribution in [0.25, 0.3) is 0 Å². The Balaban J connectivity index is 1.72. The Bertz CT molecular complexity index is 994. The highest BCUT2D eigenvalue weighted by molar-refractivity contribution is 5.88. The predicted octanol–water partition coefficient (Wildman–Crippen LogP) is 5.67. The predicted molar refractivity (Wildman–Crippen MR) is 143 cm³/mol. The summed E-state index contributed by atoms with van der Waals surface area (Å²) in [6.07, 6.45) is 6.26. The third-order valence-corrected chi connectivity index (χ3v) is 11.6. The molecule has 4 unspecified atom stereocenters. The van der Waals surface area contributed by atoms with E-state index in [4.69, 9.17) is 4.74 Å². The van der Waals surface area contributed by atoms with E-state index in [9.17, 15) is 24.9 Å². The summed E-state index contributed by atoms with van der Waals surface area (Å²) in [6.45, 7) is 14.6. The van der Waals surface area contributed by atoms with Crippen LogP contribution in [-0.2, 0) is 14.3 Å². The zero-order chi connectivity index (χ0) is 27.5. The van der Waals surface area contributed by atoms with Crippen LogP contribution in [0, 0.1) is 39.9 Å². The fraction of sp³-hybridized carbons (Fsp3) is 0.806.